The predicted octanol–water partition coefficient (Wildman–Crippen LogP) is 3.65. The van der Waals surface area contributed by atoms with Gasteiger partial charge in [-0.15, -0.1) is 11.3 Å². The van der Waals surface area contributed by atoms with Crippen LogP contribution in [0.5, 0.6) is 0 Å². The largest absolute Gasteiger partial charge is 0.313 e. The molecule has 114 valence electrons. The Bertz CT molecular complexity index is 699. The lowest BCUT2D eigenvalue weighted by molar-refractivity contribution is 0.603. The molecule has 2 N–H and O–H groups in total. The highest BCUT2D eigenvalue weighted by atomic mass is 127. The fraction of sp³-hybridized carbons (Fsp3) is 0.286. The fourth-order valence-corrected chi connectivity index (χ4v) is 4.73. The lowest BCUT2D eigenvalue weighted by Gasteiger charge is -2.07. The molecule has 21 heavy (non-hydrogen) atoms. The van der Waals surface area contributed by atoms with Gasteiger partial charge in [0.1, 0.15) is 4.21 Å². The highest BCUT2D eigenvalue weighted by Crippen LogP contribution is 2.25. The number of hydrogen-bond acceptors (Lipinski definition) is 4. The van der Waals surface area contributed by atoms with Gasteiger partial charge in [-0.05, 0) is 64.7 Å². The van der Waals surface area contributed by atoms with Gasteiger partial charge in [-0.1, -0.05) is 19.1 Å². The average Bonchev–Trinajstić information content (AvgIpc) is 2.91. The van der Waals surface area contributed by atoms with Crippen LogP contribution in [0.25, 0.3) is 0 Å². The third kappa shape index (κ3) is 4.67. The molecule has 0 bridgehead atoms. The number of thiophene rings is 1. The van der Waals surface area contributed by atoms with Crippen LogP contribution < -0.4 is 10.0 Å². The summed E-state index contributed by atoms with van der Waals surface area (Å²) in [5.74, 6) is 0. The summed E-state index contributed by atoms with van der Waals surface area (Å²) in [7, 11) is -3.51. The maximum Gasteiger partial charge on any atom is 0.271 e. The van der Waals surface area contributed by atoms with E-state index in [1.807, 2.05) is 23.6 Å². The molecule has 0 unspecified atom stereocenters. The molecule has 0 amide bonds. The summed E-state index contributed by atoms with van der Waals surface area (Å²) in [4.78, 5) is 0. The van der Waals surface area contributed by atoms with Crippen LogP contribution in [0, 0.1) is 3.57 Å². The van der Waals surface area contributed by atoms with E-state index in [4.69, 9.17) is 0 Å². The van der Waals surface area contributed by atoms with Crippen molar-refractivity contribution in [2.24, 2.45) is 0 Å². The molecular formula is C14H17IN2O2S2. The summed E-state index contributed by atoms with van der Waals surface area (Å²) < 4.78 is 28.6. The second kappa shape index (κ2) is 7.57. The van der Waals surface area contributed by atoms with Crippen LogP contribution in [0.1, 0.15) is 18.9 Å². The van der Waals surface area contributed by atoms with Crippen molar-refractivity contribution in [2.75, 3.05) is 11.3 Å². The van der Waals surface area contributed by atoms with E-state index in [0.29, 0.717) is 16.4 Å². The van der Waals surface area contributed by atoms with E-state index < -0.39 is 10.0 Å². The van der Waals surface area contributed by atoms with Gasteiger partial charge in [0.2, 0.25) is 0 Å². The zero-order chi connectivity index (χ0) is 15.3. The van der Waals surface area contributed by atoms with Crippen molar-refractivity contribution < 1.29 is 8.42 Å². The Morgan fingerprint density at radius 2 is 2.05 bits per heavy atom. The number of rotatable bonds is 7. The molecular weight excluding hydrogens is 419 g/mol. The number of sulfonamides is 1. The monoisotopic (exact) mass is 436 g/mol. The SMILES string of the molecule is CCCNCc1csc(S(=O)(=O)Nc2ccccc2I)c1. The van der Waals surface area contributed by atoms with E-state index in [0.717, 1.165) is 22.1 Å². The quantitative estimate of drug-likeness (QED) is 0.515. The summed E-state index contributed by atoms with van der Waals surface area (Å²) in [5.41, 5.74) is 1.61. The van der Waals surface area contributed by atoms with Gasteiger partial charge in [0.15, 0.2) is 0 Å². The van der Waals surface area contributed by atoms with E-state index in [1.165, 1.54) is 11.3 Å². The molecule has 0 radical (unpaired) electrons. The number of hydrogen-bond donors (Lipinski definition) is 2. The molecule has 7 heteroatoms. The number of anilines is 1. The molecule has 1 heterocycles. The Balaban J connectivity index is 2.11. The highest BCUT2D eigenvalue weighted by molar-refractivity contribution is 14.1. The van der Waals surface area contributed by atoms with Crippen molar-refractivity contribution in [1.29, 1.82) is 0 Å². The van der Waals surface area contributed by atoms with Crippen molar-refractivity contribution in [3.8, 4) is 0 Å². The van der Waals surface area contributed by atoms with Crippen molar-refractivity contribution in [3.05, 3.63) is 44.8 Å². The molecule has 1 aromatic carbocycles. The van der Waals surface area contributed by atoms with Crippen molar-refractivity contribution in [2.45, 2.75) is 24.1 Å². The Morgan fingerprint density at radius 3 is 2.76 bits per heavy atom. The average molecular weight is 436 g/mol. The van der Waals surface area contributed by atoms with Crippen molar-refractivity contribution in [3.63, 3.8) is 0 Å². The number of nitrogens with one attached hydrogen (secondary N) is 2. The number of benzene rings is 1. The summed E-state index contributed by atoms with van der Waals surface area (Å²) in [6.07, 6.45) is 1.06. The Kier molecular flexibility index (Phi) is 6.03. The summed E-state index contributed by atoms with van der Waals surface area (Å²) in [5, 5.41) is 5.15. The van der Waals surface area contributed by atoms with E-state index >= 15 is 0 Å². The lowest BCUT2D eigenvalue weighted by atomic mass is 10.3. The molecule has 0 fully saturated rings. The Morgan fingerprint density at radius 1 is 1.29 bits per heavy atom. The number of para-hydroxylation sites is 1. The van der Waals surface area contributed by atoms with Crippen LogP contribution in [-0.2, 0) is 16.6 Å². The molecule has 2 aromatic rings. The predicted molar refractivity (Wildman–Crippen MR) is 96.3 cm³/mol. The molecule has 0 saturated heterocycles. The van der Waals surface area contributed by atoms with Gasteiger partial charge >= 0.3 is 0 Å². The summed E-state index contributed by atoms with van der Waals surface area (Å²) in [6.45, 7) is 3.73. The smallest absolute Gasteiger partial charge is 0.271 e. The van der Waals surface area contributed by atoms with Crippen molar-refractivity contribution >= 4 is 49.6 Å². The van der Waals surface area contributed by atoms with Gasteiger partial charge in [0.25, 0.3) is 10.0 Å². The molecule has 2 rings (SSSR count). The van der Waals surface area contributed by atoms with Gasteiger partial charge in [-0.3, -0.25) is 4.72 Å². The topological polar surface area (TPSA) is 58.2 Å². The van der Waals surface area contributed by atoms with Crippen LogP contribution in [-0.4, -0.2) is 15.0 Å². The second-order valence-corrected chi connectivity index (χ2v) is 8.52. The molecule has 1 aromatic heterocycles. The molecule has 0 saturated carbocycles. The van der Waals surface area contributed by atoms with Crippen LogP contribution in [0.3, 0.4) is 0 Å². The van der Waals surface area contributed by atoms with E-state index in [9.17, 15) is 8.42 Å². The highest BCUT2D eigenvalue weighted by Gasteiger charge is 2.17. The first-order valence-corrected chi connectivity index (χ1v) is 10.0. The zero-order valence-electron chi connectivity index (χ0n) is 11.6. The van der Waals surface area contributed by atoms with Gasteiger partial charge < -0.3 is 5.32 Å². The minimum Gasteiger partial charge on any atom is -0.313 e. The Labute approximate surface area is 143 Å². The molecule has 0 aliphatic rings. The van der Waals surface area contributed by atoms with E-state index in [2.05, 4.69) is 39.6 Å². The van der Waals surface area contributed by atoms with Gasteiger partial charge in [-0.25, -0.2) is 8.42 Å². The van der Waals surface area contributed by atoms with Crippen LogP contribution in [0.15, 0.2) is 39.9 Å². The van der Waals surface area contributed by atoms with Gasteiger partial charge in [-0.2, -0.15) is 0 Å². The first-order chi connectivity index (χ1) is 10.0. The first kappa shape index (κ1) is 16.7. The molecule has 4 nitrogen and oxygen atoms in total. The summed E-state index contributed by atoms with van der Waals surface area (Å²) >= 11 is 3.36. The standard InChI is InChI=1S/C14H17IN2O2S2/c1-2-7-16-9-11-8-14(20-10-11)21(18,19)17-13-6-4-3-5-12(13)15/h3-6,8,10,16-17H,2,7,9H2,1H3. The molecule has 0 aliphatic heterocycles. The van der Waals surface area contributed by atoms with Crippen LogP contribution >= 0.6 is 33.9 Å². The van der Waals surface area contributed by atoms with Crippen LogP contribution in [0.2, 0.25) is 0 Å². The molecule has 0 spiro atoms. The fourth-order valence-electron chi connectivity index (χ4n) is 1.74. The maximum absolute atomic E-state index is 12.4. The molecule has 0 atom stereocenters. The van der Waals surface area contributed by atoms with Crippen molar-refractivity contribution in [1.82, 2.24) is 5.32 Å². The normalized spacial score (nSPS) is 11.5. The minimum atomic E-state index is -3.51. The molecule has 0 aliphatic carbocycles. The third-order valence-electron chi connectivity index (χ3n) is 2.77. The lowest BCUT2D eigenvalue weighted by Crippen LogP contribution is -2.14. The van der Waals surface area contributed by atoms with E-state index in [1.54, 1.807) is 12.1 Å². The van der Waals surface area contributed by atoms with Crippen LogP contribution in [0.4, 0.5) is 5.69 Å². The van der Waals surface area contributed by atoms with E-state index in [-0.39, 0.29) is 0 Å². The zero-order valence-corrected chi connectivity index (χ0v) is 15.4. The minimum absolute atomic E-state index is 0.343. The first-order valence-electron chi connectivity index (χ1n) is 6.58. The maximum atomic E-state index is 12.4. The third-order valence-corrected chi connectivity index (χ3v) is 6.56. The second-order valence-electron chi connectivity index (χ2n) is 4.54. The Hall–Kier alpha value is -0.640. The summed E-state index contributed by atoms with van der Waals surface area (Å²) in [6, 6.07) is 9.05. The number of halogens is 1. The van der Waals surface area contributed by atoms with Gasteiger partial charge in [0, 0.05) is 10.1 Å². The van der Waals surface area contributed by atoms with Gasteiger partial charge in [0.05, 0.1) is 5.69 Å².